The Bertz CT molecular complexity index is 407. The minimum Gasteiger partial charge on any atom is -0.368 e. The van der Waals surface area contributed by atoms with Crippen molar-refractivity contribution < 1.29 is 4.79 Å². The number of carbonyl (C=O) groups is 1. The number of fused-ring (bicyclic) bond motifs is 1. The van der Waals surface area contributed by atoms with Gasteiger partial charge in [0.1, 0.15) is 6.29 Å². The van der Waals surface area contributed by atoms with Crippen molar-refractivity contribution >= 4 is 12.0 Å². The first kappa shape index (κ1) is 9.88. The second kappa shape index (κ2) is 3.93. The molecule has 84 valence electrons. The van der Waals surface area contributed by atoms with Crippen molar-refractivity contribution in [1.29, 1.82) is 0 Å². The number of hydrogen-bond donors (Lipinski definition) is 0. The summed E-state index contributed by atoms with van der Waals surface area (Å²) < 4.78 is 0. The molecular formula is C14H17NO. The lowest BCUT2D eigenvalue weighted by Gasteiger charge is -2.26. The van der Waals surface area contributed by atoms with Gasteiger partial charge in [-0.05, 0) is 30.9 Å². The second-order valence-electron chi connectivity index (χ2n) is 4.84. The molecule has 1 aromatic carbocycles. The summed E-state index contributed by atoms with van der Waals surface area (Å²) in [5, 5.41) is 0. The van der Waals surface area contributed by atoms with Gasteiger partial charge in [0.25, 0.3) is 0 Å². The minimum absolute atomic E-state index is 0.725. The van der Waals surface area contributed by atoms with Gasteiger partial charge in [-0.1, -0.05) is 25.0 Å². The maximum atomic E-state index is 11.0. The first-order chi connectivity index (χ1) is 7.90. The fourth-order valence-electron chi connectivity index (χ4n) is 3.19. The zero-order chi connectivity index (χ0) is 11.0. The fourth-order valence-corrected chi connectivity index (χ4v) is 3.19. The van der Waals surface area contributed by atoms with Crippen LogP contribution in [-0.2, 0) is 6.42 Å². The molecule has 1 aliphatic heterocycles. The molecule has 1 heterocycles. The Morgan fingerprint density at radius 2 is 2.06 bits per heavy atom. The van der Waals surface area contributed by atoms with E-state index in [0.29, 0.717) is 0 Å². The first-order valence-electron chi connectivity index (χ1n) is 6.24. The van der Waals surface area contributed by atoms with Crippen LogP contribution in [0.15, 0.2) is 18.2 Å². The number of nitrogens with zero attached hydrogens (tertiary/aromatic N) is 1. The zero-order valence-corrected chi connectivity index (χ0v) is 9.48. The third-order valence-electron chi connectivity index (χ3n) is 3.99. The fraction of sp³-hybridized carbons (Fsp3) is 0.500. The molecule has 0 atom stereocenters. The van der Waals surface area contributed by atoms with Gasteiger partial charge in [0.15, 0.2) is 0 Å². The third kappa shape index (κ3) is 1.44. The van der Waals surface area contributed by atoms with Crippen molar-refractivity contribution in [3.05, 3.63) is 29.3 Å². The van der Waals surface area contributed by atoms with Crippen molar-refractivity contribution in [2.75, 3.05) is 11.4 Å². The molecule has 2 heteroatoms. The number of anilines is 1. The number of hydrogen-bond acceptors (Lipinski definition) is 2. The van der Waals surface area contributed by atoms with Crippen LogP contribution in [0.25, 0.3) is 0 Å². The molecule has 0 radical (unpaired) electrons. The Morgan fingerprint density at radius 1 is 1.25 bits per heavy atom. The van der Waals surface area contributed by atoms with E-state index in [0.717, 1.165) is 30.9 Å². The summed E-state index contributed by atoms with van der Waals surface area (Å²) in [7, 11) is 0. The highest BCUT2D eigenvalue weighted by Gasteiger charge is 2.29. The number of aldehydes is 1. The molecule has 1 saturated carbocycles. The largest absolute Gasteiger partial charge is 0.368 e. The lowest BCUT2D eigenvalue weighted by Crippen LogP contribution is -2.31. The van der Waals surface area contributed by atoms with Crippen LogP contribution in [0.1, 0.15) is 41.6 Å². The average molecular weight is 215 g/mol. The Hall–Kier alpha value is -1.31. The molecule has 1 aliphatic carbocycles. The highest BCUT2D eigenvalue weighted by molar-refractivity contribution is 5.82. The topological polar surface area (TPSA) is 20.3 Å². The molecule has 0 spiro atoms. The number of benzene rings is 1. The highest BCUT2D eigenvalue weighted by Crippen LogP contribution is 2.36. The quantitative estimate of drug-likeness (QED) is 0.707. The monoisotopic (exact) mass is 215 g/mol. The van der Waals surface area contributed by atoms with E-state index in [1.54, 1.807) is 0 Å². The van der Waals surface area contributed by atoms with Gasteiger partial charge >= 0.3 is 0 Å². The van der Waals surface area contributed by atoms with Crippen molar-refractivity contribution in [2.24, 2.45) is 0 Å². The molecule has 0 aromatic heterocycles. The zero-order valence-electron chi connectivity index (χ0n) is 9.48. The number of rotatable bonds is 2. The second-order valence-corrected chi connectivity index (χ2v) is 4.84. The average Bonchev–Trinajstić information content (AvgIpc) is 2.96. The maximum Gasteiger partial charge on any atom is 0.150 e. The molecule has 1 aromatic rings. The van der Waals surface area contributed by atoms with Gasteiger partial charge in [0, 0.05) is 23.8 Å². The van der Waals surface area contributed by atoms with Crippen LogP contribution in [0.5, 0.6) is 0 Å². The molecule has 16 heavy (non-hydrogen) atoms. The Morgan fingerprint density at radius 3 is 2.81 bits per heavy atom. The van der Waals surface area contributed by atoms with Crippen molar-refractivity contribution in [1.82, 2.24) is 0 Å². The van der Waals surface area contributed by atoms with E-state index in [4.69, 9.17) is 0 Å². The van der Waals surface area contributed by atoms with Gasteiger partial charge in [-0.25, -0.2) is 0 Å². The molecule has 1 fully saturated rings. The van der Waals surface area contributed by atoms with Crippen LogP contribution in [0.3, 0.4) is 0 Å². The standard InChI is InChI=1S/C14H17NO/c16-10-11-4-3-7-14-13(11)8-9-15(14)12-5-1-2-6-12/h3-4,7,10,12H,1-2,5-6,8-9H2. The Labute approximate surface area is 96.3 Å². The molecule has 2 nitrogen and oxygen atoms in total. The summed E-state index contributed by atoms with van der Waals surface area (Å²) >= 11 is 0. The van der Waals surface area contributed by atoms with E-state index in [-0.39, 0.29) is 0 Å². The molecule has 2 aliphatic rings. The van der Waals surface area contributed by atoms with Crippen molar-refractivity contribution in [3.63, 3.8) is 0 Å². The van der Waals surface area contributed by atoms with E-state index >= 15 is 0 Å². The van der Waals surface area contributed by atoms with Crippen LogP contribution in [0, 0.1) is 0 Å². The molecular weight excluding hydrogens is 198 g/mol. The smallest absolute Gasteiger partial charge is 0.150 e. The summed E-state index contributed by atoms with van der Waals surface area (Å²) in [6, 6.07) is 6.84. The van der Waals surface area contributed by atoms with Crippen LogP contribution in [-0.4, -0.2) is 18.9 Å². The van der Waals surface area contributed by atoms with E-state index < -0.39 is 0 Å². The van der Waals surface area contributed by atoms with Gasteiger partial charge < -0.3 is 4.90 Å². The van der Waals surface area contributed by atoms with Crippen molar-refractivity contribution in [3.8, 4) is 0 Å². The van der Waals surface area contributed by atoms with E-state index in [1.807, 2.05) is 12.1 Å². The van der Waals surface area contributed by atoms with Crippen LogP contribution >= 0.6 is 0 Å². The summed E-state index contributed by atoms with van der Waals surface area (Å²) in [6.07, 6.45) is 7.42. The molecule has 0 unspecified atom stereocenters. The molecule has 3 rings (SSSR count). The lowest BCUT2D eigenvalue weighted by molar-refractivity contribution is 0.112. The Balaban J connectivity index is 1.95. The third-order valence-corrected chi connectivity index (χ3v) is 3.99. The maximum absolute atomic E-state index is 11.0. The summed E-state index contributed by atoms with van der Waals surface area (Å²) in [5.41, 5.74) is 3.47. The van der Waals surface area contributed by atoms with Gasteiger partial charge in [-0.3, -0.25) is 4.79 Å². The van der Waals surface area contributed by atoms with Gasteiger partial charge in [0.05, 0.1) is 0 Å². The van der Waals surface area contributed by atoms with E-state index in [1.165, 1.54) is 36.9 Å². The van der Waals surface area contributed by atoms with E-state index in [2.05, 4.69) is 11.0 Å². The predicted octanol–water partition coefficient (Wildman–Crippen LogP) is 2.80. The minimum atomic E-state index is 0.725. The van der Waals surface area contributed by atoms with Crippen LogP contribution in [0.4, 0.5) is 5.69 Å². The van der Waals surface area contributed by atoms with Crippen molar-refractivity contribution in [2.45, 2.75) is 38.1 Å². The first-order valence-corrected chi connectivity index (χ1v) is 6.24. The van der Waals surface area contributed by atoms with Gasteiger partial charge in [0.2, 0.25) is 0 Å². The van der Waals surface area contributed by atoms with Gasteiger partial charge in [-0.2, -0.15) is 0 Å². The SMILES string of the molecule is O=Cc1cccc2c1CCN2C1CCCC1. The summed E-state index contributed by atoms with van der Waals surface area (Å²) in [6.45, 7) is 1.10. The van der Waals surface area contributed by atoms with E-state index in [9.17, 15) is 4.79 Å². The van der Waals surface area contributed by atoms with Crippen LogP contribution < -0.4 is 4.90 Å². The Kier molecular flexibility index (Phi) is 2.43. The predicted molar refractivity (Wildman–Crippen MR) is 65.1 cm³/mol. The van der Waals surface area contributed by atoms with Crippen LogP contribution in [0.2, 0.25) is 0 Å². The molecule has 0 saturated heterocycles. The molecule has 0 N–H and O–H groups in total. The summed E-state index contributed by atoms with van der Waals surface area (Å²) in [5.74, 6) is 0. The normalized spacial score (nSPS) is 20.1. The highest BCUT2D eigenvalue weighted by atomic mass is 16.1. The molecule has 0 amide bonds. The molecule has 0 bridgehead atoms. The summed E-state index contributed by atoms with van der Waals surface area (Å²) in [4.78, 5) is 13.5. The lowest BCUT2D eigenvalue weighted by atomic mass is 10.1. The van der Waals surface area contributed by atoms with Gasteiger partial charge in [-0.15, -0.1) is 0 Å². The number of carbonyl (C=O) groups excluding carboxylic acids is 1.